The molecule has 0 aromatic heterocycles. The molecular formula is C16H23N3O4. The summed E-state index contributed by atoms with van der Waals surface area (Å²) < 4.78 is 5.53. The zero-order valence-corrected chi connectivity index (χ0v) is 13.8. The third-order valence-electron chi connectivity index (χ3n) is 4.55. The van der Waals surface area contributed by atoms with Crippen molar-refractivity contribution in [3.63, 3.8) is 0 Å². The zero-order chi connectivity index (χ0) is 17.2. The fourth-order valence-electron chi connectivity index (χ4n) is 2.94. The normalized spacial score (nSPS) is 21.8. The van der Waals surface area contributed by atoms with Crippen LogP contribution in [0.5, 0.6) is 0 Å². The van der Waals surface area contributed by atoms with Crippen LogP contribution in [-0.4, -0.2) is 41.5 Å². The Bertz CT molecular complexity index is 632. The number of nitro benzene ring substituents is 1. The van der Waals surface area contributed by atoms with E-state index in [1.165, 1.54) is 6.07 Å². The molecule has 23 heavy (non-hydrogen) atoms. The summed E-state index contributed by atoms with van der Waals surface area (Å²) in [7, 11) is 1.68. The molecule has 1 aromatic rings. The van der Waals surface area contributed by atoms with Gasteiger partial charge in [0.2, 0.25) is 0 Å². The molecule has 0 bridgehead atoms. The molecule has 0 radical (unpaired) electrons. The highest BCUT2D eigenvalue weighted by molar-refractivity contribution is 6.01. The quantitative estimate of drug-likeness (QED) is 0.524. The van der Waals surface area contributed by atoms with Crippen LogP contribution in [0.3, 0.4) is 0 Å². The first-order chi connectivity index (χ1) is 10.8. The maximum absolute atomic E-state index is 12.8. The highest BCUT2D eigenvalue weighted by Gasteiger charge is 2.31. The van der Waals surface area contributed by atoms with Gasteiger partial charge >= 0.3 is 0 Å². The third kappa shape index (κ3) is 3.61. The number of methoxy groups -OCH3 is 1. The Hall–Kier alpha value is -2.15. The minimum Gasteiger partial charge on any atom is -0.393 e. The number of benzene rings is 1. The second-order valence-corrected chi connectivity index (χ2v) is 6.30. The number of carbonyl (C=O) groups is 1. The third-order valence-corrected chi connectivity index (χ3v) is 4.55. The number of hydrogen-bond acceptors (Lipinski definition) is 5. The highest BCUT2D eigenvalue weighted by Crippen LogP contribution is 2.30. The fourth-order valence-corrected chi connectivity index (χ4v) is 2.94. The Morgan fingerprint density at radius 3 is 2.70 bits per heavy atom. The van der Waals surface area contributed by atoms with E-state index in [-0.39, 0.29) is 28.4 Å². The number of amides is 1. The maximum atomic E-state index is 12.8. The molecule has 0 aliphatic carbocycles. The van der Waals surface area contributed by atoms with Crippen molar-refractivity contribution in [2.45, 2.75) is 38.7 Å². The van der Waals surface area contributed by atoms with E-state index >= 15 is 0 Å². The van der Waals surface area contributed by atoms with Crippen LogP contribution in [0.15, 0.2) is 12.1 Å². The van der Waals surface area contributed by atoms with Crippen molar-refractivity contribution >= 4 is 17.3 Å². The number of nitro groups is 1. The Balaban J connectivity index is 2.29. The Morgan fingerprint density at radius 1 is 1.39 bits per heavy atom. The van der Waals surface area contributed by atoms with Gasteiger partial charge in [-0.15, -0.1) is 0 Å². The summed E-state index contributed by atoms with van der Waals surface area (Å²) in [5.74, 6) is -0.255. The summed E-state index contributed by atoms with van der Waals surface area (Å²) in [4.78, 5) is 25.0. The molecule has 2 N–H and O–H groups in total. The molecule has 0 saturated carbocycles. The second kappa shape index (κ2) is 6.54. The second-order valence-electron chi connectivity index (χ2n) is 6.30. The van der Waals surface area contributed by atoms with Crippen LogP contribution in [-0.2, 0) is 4.74 Å². The van der Waals surface area contributed by atoms with E-state index in [0.29, 0.717) is 18.7 Å². The average Bonchev–Trinajstić information content (AvgIpc) is 2.71. The van der Waals surface area contributed by atoms with Crippen molar-refractivity contribution in [1.29, 1.82) is 0 Å². The molecule has 1 aliphatic heterocycles. The summed E-state index contributed by atoms with van der Waals surface area (Å²) in [5.41, 5.74) is 6.20. The molecule has 1 saturated heterocycles. The van der Waals surface area contributed by atoms with Crippen LogP contribution in [0.2, 0.25) is 0 Å². The minimum atomic E-state index is -0.552. The number of hydrogen-bond donors (Lipinski definition) is 1. The first-order valence-corrected chi connectivity index (χ1v) is 7.66. The summed E-state index contributed by atoms with van der Waals surface area (Å²) in [6.45, 7) is 4.89. The molecule has 7 heteroatoms. The van der Waals surface area contributed by atoms with Crippen molar-refractivity contribution in [2.24, 2.45) is 0 Å². The van der Waals surface area contributed by atoms with Crippen molar-refractivity contribution in [3.05, 3.63) is 33.4 Å². The van der Waals surface area contributed by atoms with Crippen LogP contribution in [0, 0.1) is 17.0 Å². The smallest absolute Gasteiger partial charge is 0.293 e. The van der Waals surface area contributed by atoms with E-state index in [2.05, 4.69) is 0 Å². The van der Waals surface area contributed by atoms with Crippen molar-refractivity contribution in [2.75, 3.05) is 25.9 Å². The van der Waals surface area contributed by atoms with E-state index in [4.69, 9.17) is 10.5 Å². The van der Waals surface area contributed by atoms with E-state index in [0.717, 1.165) is 19.3 Å². The number of nitrogen functional groups attached to an aromatic ring is 1. The van der Waals surface area contributed by atoms with Gasteiger partial charge in [0.05, 0.1) is 16.1 Å². The lowest BCUT2D eigenvalue weighted by Gasteiger charge is -2.26. The monoisotopic (exact) mass is 321 g/mol. The summed E-state index contributed by atoms with van der Waals surface area (Å²) in [6.07, 6.45) is 2.42. The minimum absolute atomic E-state index is 0.0654. The molecule has 126 valence electrons. The van der Waals surface area contributed by atoms with Gasteiger partial charge in [-0.25, -0.2) is 0 Å². The van der Waals surface area contributed by atoms with Crippen LogP contribution < -0.4 is 5.73 Å². The number of anilines is 1. The number of carbonyl (C=O) groups excluding carboxylic acids is 1. The lowest BCUT2D eigenvalue weighted by molar-refractivity contribution is -0.384. The van der Waals surface area contributed by atoms with Crippen molar-refractivity contribution in [3.8, 4) is 0 Å². The molecular weight excluding hydrogens is 298 g/mol. The zero-order valence-electron chi connectivity index (χ0n) is 13.8. The molecule has 1 amide bonds. The predicted molar refractivity (Wildman–Crippen MR) is 87.4 cm³/mol. The van der Waals surface area contributed by atoms with Crippen molar-refractivity contribution in [1.82, 2.24) is 4.90 Å². The van der Waals surface area contributed by atoms with E-state index in [1.807, 2.05) is 6.92 Å². The lowest BCUT2D eigenvalue weighted by Crippen LogP contribution is -2.34. The number of rotatable bonds is 3. The lowest BCUT2D eigenvalue weighted by atomic mass is 9.97. The number of aryl methyl sites for hydroxylation is 1. The number of likely N-dealkylation sites (tertiary alicyclic amines) is 1. The number of nitrogens with zero attached hydrogens (tertiary/aromatic N) is 2. The number of ether oxygens (including phenoxy) is 1. The topological polar surface area (TPSA) is 98.7 Å². The largest absolute Gasteiger partial charge is 0.393 e. The average molecular weight is 321 g/mol. The van der Waals surface area contributed by atoms with Crippen LogP contribution >= 0.6 is 0 Å². The van der Waals surface area contributed by atoms with E-state index < -0.39 is 4.92 Å². The van der Waals surface area contributed by atoms with Gasteiger partial charge in [-0.3, -0.25) is 14.9 Å². The maximum Gasteiger partial charge on any atom is 0.293 e. The summed E-state index contributed by atoms with van der Waals surface area (Å²) in [6, 6.07) is 3.00. The first-order valence-electron chi connectivity index (χ1n) is 7.66. The molecule has 1 aliphatic rings. The van der Waals surface area contributed by atoms with Gasteiger partial charge < -0.3 is 15.4 Å². The van der Waals surface area contributed by atoms with Crippen LogP contribution in [0.25, 0.3) is 0 Å². The Kier molecular flexibility index (Phi) is 4.89. The Morgan fingerprint density at radius 2 is 2.09 bits per heavy atom. The molecule has 1 atom stereocenters. The van der Waals surface area contributed by atoms with Crippen LogP contribution in [0.4, 0.5) is 11.4 Å². The predicted octanol–water partition coefficient (Wildman–Crippen LogP) is 2.52. The van der Waals surface area contributed by atoms with Crippen LogP contribution in [0.1, 0.15) is 42.1 Å². The highest BCUT2D eigenvalue weighted by atomic mass is 16.6. The van der Waals surface area contributed by atoms with Gasteiger partial charge in [-0.2, -0.15) is 0 Å². The fraction of sp³-hybridized carbons (Fsp3) is 0.562. The molecule has 7 nitrogen and oxygen atoms in total. The van der Waals surface area contributed by atoms with Gasteiger partial charge in [0.1, 0.15) is 5.69 Å². The van der Waals surface area contributed by atoms with E-state index in [1.54, 1.807) is 25.0 Å². The number of nitrogens with two attached hydrogens (primary N) is 1. The molecule has 0 spiro atoms. The molecule has 1 fully saturated rings. The standard InChI is InChI=1S/C16H23N3O4/c1-11-9-12(14(17)13(10-11)19(21)22)15(20)18-7-4-5-16(2,23-3)6-8-18/h9-10H,4-8,17H2,1-3H3/t16-/m0/s1. The summed E-state index contributed by atoms with van der Waals surface area (Å²) in [5, 5.41) is 11.1. The van der Waals surface area contributed by atoms with Gasteiger partial charge in [-0.05, 0) is 44.7 Å². The first kappa shape index (κ1) is 17.2. The molecule has 1 heterocycles. The van der Waals surface area contributed by atoms with E-state index in [9.17, 15) is 14.9 Å². The van der Waals surface area contributed by atoms with Gasteiger partial charge in [0.15, 0.2) is 0 Å². The van der Waals surface area contributed by atoms with Gasteiger partial charge in [0, 0.05) is 26.3 Å². The molecule has 2 rings (SSSR count). The summed E-state index contributed by atoms with van der Waals surface area (Å²) >= 11 is 0. The Labute approximate surface area is 135 Å². The SMILES string of the molecule is CO[C@@]1(C)CCCN(C(=O)c2cc(C)cc([N+](=O)[O-])c2N)CC1. The molecule has 0 unspecified atom stereocenters. The van der Waals surface area contributed by atoms with Gasteiger partial charge in [0.25, 0.3) is 11.6 Å². The van der Waals surface area contributed by atoms with Gasteiger partial charge in [-0.1, -0.05) is 0 Å². The molecule has 1 aromatic carbocycles. The van der Waals surface area contributed by atoms with Crippen molar-refractivity contribution < 1.29 is 14.5 Å².